The van der Waals surface area contributed by atoms with E-state index in [4.69, 9.17) is 11.6 Å². The molecular weight excluding hydrogens is 236 g/mol. The quantitative estimate of drug-likeness (QED) is 0.747. The van der Waals surface area contributed by atoms with Crippen molar-refractivity contribution >= 4 is 28.4 Å². The Morgan fingerprint density at radius 3 is 3.18 bits per heavy atom. The molecule has 0 aliphatic rings. The van der Waals surface area contributed by atoms with E-state index >= 15 is 0 Å². The third-order valence-corrected chi connectivity index (χ3v) is 3.18. The first-order chi connectivity index (χ1) is 8.29. The van der Waals surface area contributed by atoms with Gasteiger partial charge >= 0.3 is 0 Å². The number of nitrogens with one attached hydrogen (secondary N) is 2. The molecule has 5 heteroatoms. The Labute approximate surface area is 104 Å². The number of para-hydroxylation sites is 1. The Bertz CT molecular complexity index is 668. The Morgan fingerprint density at radius 2 is 2.35 bits per heavy atom. The third-order valence-electron chi connectivity index (χ3n) is 2.87. The maximum atomic E-state index is 6.11. The van der Waals surface area contributed by atoms with Gasteiger partial charge in [0, 0.05) is 24.9 Å². The molecular formula is C12H13ClN4. The summed E-state index contributed by atoms with van der Waals surface area (Å²) in [6, 6.07) is 5.83. The smallest absolute Gasteiger partial charge is 0.212 e. The van der Waals surface area contributed by atoms with Crippen LogP contribution in [0.5, 0.6) is 0 Å². The molecule has 3 rings (SSSR count). The largest absolute Gasteiger partial charge is 0.327 e. The lowest BCUT2D eigenvalue weighted by molar-refractivity contribution is 0.780. The van der Waals surface area contributed by atoms with E-state index in [0.717, 1.165) is 29.8 Å². The van der Waals surface area contributed by atoms with Gasteiger partial charge in [0.2, 0.25) is 5.78 Å². The van der Waals surface area contributed by atoms with E-state index in [0.29, 0.717) is 5.02 Å². The second kappa shape index (κ2) is 4.05. The van der Waals surface area contributed by atoms with Crippen molar-refractivity contribution in [3.63, 3.8) is 0 Å². The highest BCUT2D eigenvalue weighted by Gasteiger charge is 2.09. The second-order valence-electron chi connectivity index (χ2n) is 4.05. The number of fused-ring (bicyclic) bond motifs is 3. The Hall–Kier alpha value is -1.52. The lowest BCUT2D eigenvalue weighted by atomic mass is 10.3. The predicted octanol–water partition coefficient (Wildman–Crippen LogP) is 2.23. The molecule has 2 N–H and O–H groups in total. The summed E-state index contributed by atoms with van der Waals surface area (Å²) in [5.41, 5.74) is 3.06. The first kappa shape index (κ1) is 10.6. The second-order valence-corrected chi connectivity index (χ2v) is 4.45. The SMILES string of the molecule is CNCCc1cn2c(nc3c(Cl)cccc32)[nH]1. The zero-order valence-corrected chi connectivity index (χ0v) is 10.3. The minimum atomic E-state index is 0.691. The molecule has 0 radical (unpaired) electrons. The van der Waals surface area contributed by atoms with Gasteiger partial charge in [-0.25, -0.2) is 4.98 Å². The van der Waals surface area contributed by atoms with Gasteiger partial charge in [0.25, 0.3) is 0 Å². The first-order valence-corrected chi connectivity index (χ1v) is 5.96. The van der Waals surface area contributed by atoms with Crippen molar-refractivity contribution in [3.05, 3.63) is 35.1 Å². The Kier molecular flexibility index (Phi) is 2.53. The minimum absolute atomic E-state index is 0.691. The molecule has 0 atom stereocenters. The van der Waals surface area contributed by atoms with Gasteiger partial charge in [-0.2, -0.15) is 0 Å². The van der Waals surface area contributed by atoms with Crippen LogP contribution in [0.15, 0.2) is 24.4 Å². The van der Waals surface area contributed by atoms with Crippen LogP contribution in [0.2, 0.25) is 5.02 Å². The van der Waals surface area contributed by atoms with Crippen LogP contribution in [-0.4, -0.2) is 28.0 Å². The highest BCUT2D eigenvalue weighted by molar-refractivity contribution is 6.35. The summed E-state index contributed by atoms with van der Waals surface area (Å²) in [5.74, 6) is 0.846. The normalized spacial score (nSPS) is 11.6. The highest BCUT2D eigenvalue weighted by atomic mass is 35.5. The zero-order valence-electron chi connectivity index (χ0n) is 9.50. The lowest BCUT2D eigenvalue weighted by Gasteiger charge is -1.95. The predicted molar refractivity (Wildman–Crippen MR) is 69.7 cm³/mol. The number of nitrogens with zero attached hydrogens (tertiary/aromatic N) is 2. The summed E-state index contributed by atoms with van der Waals surface area (Å²) in [7, 11) is 1.95. The monoisotopic (exact) mass is 248 g/mol. The van der Waals surface area contributed by atoms with Gasteiger partial charge < -0.3 is 10.3 Å². The summed E-state index contributed by atoms with van der Waals surface area (Å²) in [4.78, 5) is 7.80. The topological polar surface area (TPSA) is 45.1 Å². The van der Waals surface area contributed by atoms with E-state index in [1.54, 1.807) is 0 Å². The number of benzene rings is 1. The average Bonchev–Trinajstić information content (AvgIpc) is 2.85. The van der Waals surface area contributed by atoms with Crippen LogP contribution in [0.4, 0.5) is 0 Å². The number of imidazole rings is 2. The van der Waals surface area contributed by atoms with E-state index in [9.17, 15) is 0 Å². The van der Waals surface area contributed by atoms with Crippen LogP contribution >= 0.6 is 11.6 Å². The third kappa shape index (κ3) is 1.69. The molecule has 2 aromatic heterocycles. The molecule has 2 heterocycles. The van der Waals surface area contributed by atoms with Crippen molar-refractivity contribution < 1.29 is 0 Å². The Morgan fingerprint density at radius 1 is 1.47 bits per heavy atom. The van der Waals surface area contributed by atoms with E-state index in [-0.39, 0.29) is 0 Å². The van der Waals surface area contributed by atoms with Crippen molar-refractivity contribution in [2.75, 3.05) is 13.6 Å². The van der Waals surface area contributed by atoms with Gasteiger partial charge in [0.15, 0.2) is 0 Å². The fraction of sp³-hybridized carbons (Fsp3) is 0.250. The molecule has 0 aliphatic heterocycles. The van der Waals surface area contributed by atoms with Crippen molar-refractivity contribution in [2.24, 2.45) is 0 Å². The summed E-state index contributed by atoms with van der Waals surface area (Å²) >= 11 is 6.11. The molecule has 4 nitrogen and oxygen atoms in total. The maximum absolute atomic E-state index is 6.11. The number of halogens is 1. The summed E-state index contributed by atoms with van der Waals surface area (Å²) in [6.07, 6.45) is 3.04. The van der Waals surface area contributed by atoms with Crippen LogP contribution in [0.25, 0.3) is 16.8 Å². The van der Waals surface area contributed by atoms with E-state index in [1.165, 1.54) is 5.69 Å². The van der Waals surface area contributed by atoms with E-state index in [2.05, 4.69) is 21.5 Å². The number of rotatable bonds is 3. The molecule has 0 amide bonds. The van der Waals surface area contributed by atoms with Crippen LogP contribution in [-0.2, 0) is 6.42 Å². The molecule has 3 aromatic rings. The molecule has 88 valence electrons. The van der Waals surface area contributed by atoms with Crippen molar-refractivity contribution in [1.29, 1.82) is 0 Å². The molecule has 1 aromatic carbocycles. The number of aromatic amines is 1. The zero-order chi connectivity index (χ0) is 11.8. The fourth-order valence-corrected chi connectivity index (χ4v) is 2.23. The van der Waals surface area contributed by atoms with Gasteiger partial charge in [-0.05, 0) is 19.2 Å². The Balaban J connectivity index is 2.15. The fourth-order valence-electron chi connectivity index (χ4n) is 2.02. The molecule has 0 saturated heterocycles. The molecule has 0 fully saturated rings. The first-order valence-electron chi connectivity index (χ1n) is 5.58. The van der Waals surface area contributed by atoms with Gasteiger partial charge in [0.1, 0.15) is 5.52 Å². The lowest BCUT2D eigenvalue weighted by Crippen LogP contribution is -2.10. The van der Waals surface area contributed by atoms with Gasteiger partial charge in [0.05, 0.1) is 10.5 Å². The van der Waals surface area contributed by atoms with Crippen LogP contribution in [0.3, 0.4) is 0 Å². The van der Waals surface area contributed by atoms with Crippen molar-refractivity contribution in [2.45, 2.75) is 6.42 Å². The molecule has 0 bridgehead atoms. The van der Waals surface area contributed by atoms with Crippen LogP contribution in [0.1, 0.15) is 5.69 Å². The number of hydrogen-bond acceptors (Lipinski definition) is 2. The number of H-pyrrole nitrogens is 1. The van der Waals surface area contributed by atoms with Crippen molar-refractivity contribution in [1.82, 2.24) is 19.7 Å². The molecule has 0 unspecified atom stereocenters. The average molecular weight is 249 g/mol. The van der Waals surface area contributed by atoms with Crippen LogP contribution in [0, 0.1) is 0 Å². The number of hydrogen-bond donors (Lipinski definition) is 2. The minimum Gasteiger partial charge on any atom is -0.327 e. The standard InChI is InChI=1S/C12H13ClN4/c1-14-6-5-8-7-17-10-4-2-3-9(13)11(10)16-12(17)15-8/h2-4,7,14H,5-6H2,1H3,(H,15,16). The maximum Gasteiger partial charge on any atom is 0.212 e. The van der Waals surface area contributed by atoms with Gasteiger partial charge in [-0.3, -0.25) is 4.40 Å². The van der Waals surface area contributed by atoms with E-state index < -0.39 is 0 Å². The summed E-state index contributed by atoms with van der Waals surface area (Å²) in [5, 5.41) is 3.82. The molecule has 17 heavy (non-hydrogen) atoms. The van der Waals surface area contributed by atoms with Crippen LogP contribution < -0.4 is 5.32 Å². The van der Waals surface area contributed by atoms with Gasteiger partial charge in [-0.1, -0.05) is 17.7 Å². The highest BCUT2D eigenvalue weighted by Crippen LogP contribution is 2.23. The summed E-state index contributed by atoms with van der Waals surface area (Å²) in [6.45, 7) is 0.947. The van der Waals surface area contributed by atoms with Gasteiger partial charge in [-0.15, -0.1) is 0 Å². The van der Waals surface area contributed by atoms with E-state index in [1.807, 2.05) is 29.6 Å². The number of aromatic nitrogens is 3. The number of likely N-dealkylation sites (N-methyl/N-ethyl adjacent to an activating group) is 1. The molecule has 0 aliphatic carbocycles. The summed E-state index contributed by atoms with van der Waals surface area (Å²) < 4.78 is 2.05. The molecule has 0 spiro atoms. The molecule has 0 saturated carbocycles. The van der Waals surface area contributed by atoms with Crippen molar-refractivity contribution in [3.8, 4) is 0 Å².